The monoisotopic (exact) mass is 704 g/mol. The van der Waals surface area contributed by atoms with Gasteiger partial charge in [-0.25, -0.2) is 8.78 Å². The Hall–Kier alpha value is -7.76. The molecule has 52 heavy (non-hydrogen) atoms. The first-order chi connectivity index (χ1) is 24.6. The second-order valence-electron chi connectivity index (χ2n) is 11.0. The van der Waals surface area contributed by atoms with Crippen molar-refractivity contribution in [3.05, 3.63) is 115 Å². The van der Waals surface area contributed by atoms with E-state index in [2.05, 4.69) is 0 Å². The van der Waals surface area contributed by atoms with Crippen LogP contribution in [0.5, 0.6) is 0 Å². The van der Waals surface area contributed by atoms with E-state index in [1.54, 1.807) is 24.3 Å². The normalized spacial score (nSPS) is 16.1. The minimum Gasteiger partial charge on any atom is -0.210 e. The van der Waals surface area contributed by atoms with Gasteiger partial charge >= 0.3 is 12.4 Å². The molecule has 8 nitrogen and oxygen atoms in total. The summed E-state index contributed by atoms with van der Waals surface area (Å²) in [6.07, 6.45) is -11.7. The summed E-state index contributed by atoms with van der Waals surface area (Å²) in [7, 11) is 0. The van der Waals surface area contributed by atoms with Gasteiger partial charge in [0.25, 0.3) is 0 Å². The molecule has 2 unspecified atom stereocenters. The molecule has 0 radical (unpaired) electrons. The van der Waals surface area contributed by atoms with Gasteiger partial charge in [0.05, 0.1) is 92.3 Å². The summed E-state index contributed by atoms with van der Waals surface area (Å²) in [5.74, 6) is -8.95. The Morgan fingerprint density at radius 3 is 1.46 bits per heavy atom. The molecule has 0 spiro atoms. The fraction of sp³-hybridized carbons (Fsp3) is 0.111. The first-order valence-electron chi connectivity index (χ1n) is 14.0. The first-order valence-corrected chi connectivity index (χ1v) is 14.0. The molecule has 0 N–H and O–H groups in total. The van der Waals surface area contributed by atoms with Gasteiger partial charge in [0.2, 0.25) is 0 Å². The van der Waals surface area contributed by atoms with E-state index in [-0.39, 0.29) is 22.3 Å². The van der Waals surface area contributed by atoms with Crippen LogP contribution in [0.25, 0.3) is 22.3 Å². The Kier molecular flexibility index (Phi) is 8.61. The van der Waals surface area contributed by atoms with Crippen molar-refractivity contribution in [2.75, 3.05) is 0 Å². The van der Waals surface area contributed by atoms with Gasteiger partial charge in [-0.2, -0.15) is 68.4 Å². The van der Waals surface area contributed by atoms with Crippen LogP contribution in [-0.2, 0) is 12.4 Å². The zero-order chi connectivity index (χ0) is 38.4. The van der Waals surface area contributed by atoms with Gasteiger partial charge in [0, 0.05) is 22.3 Å². The van der Waals surface area contributed by atoms with E-state index >= 15 is 35.1 Å². The zero-order valence-electron chi connectivity index (χ0n) is 25.2. The van der Waals surface area contributed by atoms with Crippen LogP contribution in [-0.4, -0.2) is 0 Å². The average Bonchev–Trinajstić information content (AvgIpc) is 3.55. The quantitative estimate of drug-likeness (QED) is 0.191. The highest BCUT2D eigenvalue weighted by Gasteiger charge is 2.56. The smallest absolute Gasteiger partial charge is 0.210 e. The highest BCUT2D eigenvalue weighted by molar-refractivity contribution is 6.15. The number of nitrogens with zero attached hydrogens (tertiary/aromatic N) is 8. The summed E-state index contributed by atoms with van der Waals surface area (Å²) >= 11 is 0. The summed E-state index contributed by atoms with van der Waals surface area (Å²) in [4.78, 5) is 0. The largest absolute Gasteiger partial charge is 0.417 e. The number of rotatable bonds is 3. The second-order valence-corrected chi connectivity index (χ2v) is 11.0. The minimum absolute atomic E-state index is 0.344. The number of nitriles is 8. The van der Waals surface area contributed by atoms with E-state index < -0.39 is 103 Å². The Balaban J connectivity index is 2.10. The molecule has 0 heterocycles. The van der Waals surface area contributed by atoms with Crippen molar-refractivity contribution in [2.24, 2.45) is 0 Å². The second kappa shape index (κ2) is 12.6. The van der Waals surface area contributed by atoms with E-state index in [1.807, 2.05) is 0 Å². The number of alkyl halides is 6. The SMILES string of the molecule is N#CC1=C(F)/C(=C(\C#N)c2cc(C#N)cc(C#N)c2)c2c1c(C(F)(F)F)c1c(c2C(F)(F)F)C(C(C#N)c2cc(C#N)cc(C#N)c2)C(F)=C1C#N. The molecule has 0 aromatic heterocycles. The molecule has 2 aliphatic carbocycles. The van der Waals surface area contributed by atoms with Crippen LogP contribution in [0.3, 0.4) is 0 Å². The van der Waals surface area contributed by atoms with Crippen LogP contribution in [0.2, 0.25) is 0 Å². The van der Waals surface area contributed by atoms with Gasteiger partial charge in [-0.3, -0.25) is 0 Å². The summed E-state index contributed by atoms with van der Waals surface area (Å²) in [5, 5.41) is 77.9. The number of halogens is 8. The van der Waals surface area contributed by atoms with Gasteiger partial charge in [0.1, 0.15) is 24.0 Å². The zero-order valence-corrected chi connectivity index (χ0v) is 25.2. The molecule has 0 amide bonds. The van der Waals surface area contributed by atoms with Crippen LogP contribution < -0.4 is 0 Å². The Labute approximate surface area is 286 Å². The number of benzene rings is 3. The third-order valence-electron chi connectivity index (χ3n) is 8.23. The van der Waals surface area contributed by atoms with Gasteiger partial charge in [0.15, 0.2) is 5.83 Å². The van der Waals surface area contributed by atoms with Crippen molar-refractivity contribution in [3.63, 3.8) is 0 Å². The fourth-order valence-electron chi connectivity index (χ4n) is 6.39. The minimum atomic E-state index is -5.89. The average molecular weight is 704 g/mol. The van der Waals surface area contributed by atoms with Gasteiger partial charge in [-0.05, 0) is 53.1 Å². The van der Waals surface area contributed by atoms with E-state index in [0.717, 1.165) is 48.5 Å². The van der Waals surface area contributed by atoms with Crippen molar-refractivity contribution in [1.82, 2.24) is 0 Å². The Morgan fingerprint density at radius 2 is 1.06 bits per heavy atom. The third-order valence-corrected chi connectivity index (χ3v) is 8.23. The molecule has 5 rings (SSSR count). The highest BCUT2D eigenvalue weighted by atomic mass is 19.4. The van der Waals surface area contributed by atoms with E-state index in [9.17, 15) is 42.1 Å². The lowest BCUT2D eigenvalue weighted by molar-refractivity contribution is -0.142. The van der Waals surface area contributed by atoms with Gasteiger partial charge in [-0.1, -0.05) is 0 Å². The predicted molar refractivity (Wildman–Crippen MR) is 159 cm³/mol. The van der Waals surface area contributed by atoms with Crippen LogP contribution in [0.1, 0.15) is 78.6 Å². The van der Waals surface area contributed by atoms with E-state index in [4.69, 9.17) is 0 Å². The molecule has 0 saturated carbocycles. The Morgan fingerprint density at radius 1 is 0.577 bits per heavy atom. The van der Waals surface area contributed by atoms with E-state index in [1.165, 1.54) is 12.1 Å². The summed E-state index contributed by atoms with van der Waals surface area (Å²) in [6, 6.07) is 16.9. The number of fused-ring (bicyclic) bond motifs is 2. The number of allylic oxidation sites excluding steroid dienone is 6. The van der Waals surface area contributed by atoms with Crippen molar-refractivity contribution in [1.29, 1.82) is 42.1 Å². The maximum Gasteiger partial charge on any atom is 0.417 e. The summed E-state index contributed by atoms with van der Waals surface area (Å²) in [5.41, 5.74) is -19.9. The summed E-state index contributed by atoms with van der Waals surface area (Å²) < 4.78 is 125. The maximum absolute atomic E-state index is 16.4. The lowest BCUT2D eigenvalue weighted by Crippen LogP contribution is -2.23. The van der Waals surface area contributed by atoms with Crippen LogP contribution >= 0.6 is 0 Å². The summed E-state index contributed by atoms with van der Waals surface area (Å²) in [6.45, 7) is 0. The maximum atomic E-state index is 16.4. The molecule has 16 heteroatoms. The predicted octanol–water partition coefficient (Wildman–Crippen LogP) is 8.47. The molecule has 0 aliphatic heterocycles. The lowest BCUT2D eigenvalue weighted by Gasteiger charge is -2.27. The molecule has 0 saturated heterocycles. The molecular weight excluding hydrogens is 696 g/mol. The van der Waals surface area contributed by atoms with Crippen molar-refractivity contribution in [2.45, 2.75) is 24.2 Å². The standard InChI is InChI=1S/C36H8F8N8/c37-33-23(13-51)25-29(27(33)21(11-49)19-3-15(7-45)1-16(4-19)8-46)32(36(42,43)44)30-26(31(25)35(39,40)41)24(14-52)34(38)28(30)22(12-50)20-5-17(9-47)2-18(6-20)10-48/h1-6,21,27H/b28-22+. The molecule has 3 aromatic rings. The molecule has 2 atom stereocenters. The van der Waals surface area contributed by atoms with Crippen LogP contribution in [0.4, 0.5) is 35.1 Å². The highest BCUT2D eigenvalue weighted by Crippen LogP contribution is 2.62. The molecule has 2 aliphatic rings. The van der Waals surface area contributed by atoms with Crippen molar-refractivity contribution >= 4 is 22.3 Å². The third kappa shape index (κ3) is 5.32. The number of hydrogen-bond acceptors (Lipinski definition) is 8. The lowest BCUT2D eigenvalue weighted by atomic mass is 9.76. The molecular formula is C36H8F8N8. The molecule has 0 fully saturated rings. The van der Waals surface area contributed by atoms with Gasteiger partial charge in [-0.15, -0.1) is 0 Å². The Bertz CT molecular complexity index is 2560. The number of hydrogen-bond donors (Lipinski definition) is 0. The van der Waals surface area contributed by atoms with Gasteiger partial charge < -0.3 is 0 Å². The van der Waals surface area contributed by atoms with E-state index in [0.29, 0.717) is 0 Å². The van der Waals surface area contributed by atoms with Crippen LogP contribution in [0.15, 0.2) is 48.1 Å². The van der Waals surface area contributed by atoms with Crippen molar-refractivity contribution in [3.8, 4) is 48.6 Å². The first kappa shape index (κ1) is 35.5. The van der Waals surface area contributed by atoms with Crippen LogP contribution in [0, 0.1) is 90.6 Å². The topological polar surface area (TPSA) is 190 Å². The molecule has 248 valence electrons. The molecule has 3 aromatic carbocycles. The molecule has 0 bridgehead atoms. The fourth-order valence-corrected chi connectivity index (χ4v) is 6.39. The van der Waals surface area contributed by atoms with Crippen molar-refractivity contribution < 1.29 is 35.1 Å².